The van der Waals surface area contributed by atoms with Gasteiger partial charge in [-0.15, -0.1) is 0 Å². The predicted molar refractivity (Wildman–Crippen MR) is 52.8 cm³/mol. The van der Waals surface area contributed by atoms with Crippen molar-refractivity contribution in [3.8, 4) is 6.07 Å². The molecule has 0 heterocycles. The molecule has 12 heavy (non-hydrogen) atoms. The lowest BCUT2D eigenvalue weighted by Crippen LogP contribution is -2.13. The highest BCUT2D eigenvalue weighted by Gasteiger charge is 2.18. The molecule has 1 aromatic carbocycles. The fraction of sp³-hybridized carbons (Fsp3) is 0.300. The van der Waals surface area contributed by atoms with Gasteiger partial charge in [0, 0.05) is 12.7 Å². The van der Waals surface area contributed by atoms with Gasteiger partial charge in [-0.05, 0) is 31.4 Å². The standard InChI is InChI=1S/C10H10BrN/c1-10(2,7-12)8-3-5-9(11)6-4-8/h3-6H,1-2H3/i1D3,2D3. The lowest BCUT2D eigenvalue weighted by atomic mass is 9.87. The highest BCUT2D eigenvalue weighted by molar-refractivity contribution is 9.10. The van der Waals surface area contributed by atoms with Crippen molar-refractivity contribution in [2.45, 2.75) is 19.1 Å². The van der Waals surface area contributed by atoms with Gasteiger partial charge in [0.15, 0.2) is 0 Å². The van der Waals surface area contributed by atoms with E-state index in [-0.39, 0.29) is 5.56 Å². The van der Waals surface area contributed by atoms with E-state index in [9.17, 15) is 5.26 Å². The molecule has 0 bridgehead atoms. The Balaban J connectivity index is 3.58. The monoisotopic (exact) mass is 229 g/mol. The van der Waals surface area contributed by atoms with Crippen LogP contribution in [0.15, 0.2) is 28.7 Å². The van der Waals surface area contributed by atoms with E-state index in [1.807, 2.05) is 0 Å². The van der Waals surface area contributed by atoms with Crippen molar-refractivity contribution >= 4 is 15.9 Å². The summed E-state index contributed by atoms with van der Waals surface area (Å²) in [6, 6.07) is 7.20. The molecule has 0 saturated heterocycles. The van der Waals surface area contributed by atoms with E-state index in [1.54, 1.807) is 0 Å². The normalized spacial score (nSPS) is 20.3. The van der Waals surface area contributed by atoms with Gasteiger partial charge >= 0.3 is 0 Å². The fourth-order valence-corrected chi connectivity index (χ4v) is 1.03. The molecule has 0 fully saturated rings. The molecular formula is C10H10BrN. The van der Waals surface area contributed by atoms with E-state index in [2.05, 4.69) is 15.9 Å². The summed E-state index contributed by atoms with van der Waals surface area (Å²) in [6.07, 6.45) is 0. The van der Waals surface area contributed by atoms with Crippen molar-refractivity contribution in [1.29, 1.82) is 5.26 Å². The topological polar surface area (TPSA) is 23.8 Å². The molecule has 0 unspecified atom stereocenters. The van der Waals surface area contributed by atoms with Crippen LogP contribution in [0, 0.1) is 11.3 Å². The lowest BCUT2D eigenvalue weighted by Gasteiger charge is -2.15. The summed E-state index contributed by atoms with van der Waals surface area (Å²) in [5, 5.41) is 9.19. The van der Waals surface area contributed by atoms with Crippen molar-refractivity contribution in [2.75, 3.05) is 0 Å². The lowest BCUT2D eigenvalue weighted by molar-refractivity contribution is 0.687. The fourth-order valence-electron chi connectivity index (χ4n) is 0.764. The Morgan fingerprint density at radius 3 is 2.42 bits per heavy atom. The molecule has 0 amide bonds. The van der Waals surface area contributed by atoms with Gasteiger partial charge in [0.2, 0.25) is 0 Å². The van der Waals surface area contributed by atoms with Gasteiger partial charge in [-0.25, -0.2) is 0 Å². The maximum atomic E-state index is 9.19. The first-order valence-corrected chi connectivity index (χ1v) is 4.03. The first-order valence-electron chi connectivity index (χ1n) is 6.23. The second-order valence-electron chi connectivity index (χ2n) is 2.37. The highest BCUT2D eigenvalue weighted by Crippen LogP contribution is 2.23. The Kier molecular flexibility index (Phi) is 1.08. The quantitative estimate of drug-likeness (QED) is 0.726. The second-order valence-corrected chi connectivity index (χ2v) is 3.28. The van der Waals surface area contributed by atoms with Crippen LogP contribution in [0.4, 0.5) is 0 Å². The Hall–Kier alpha value is -0.810. The van der Waals surface area contributed by atoms with Crippen molar-refractivity contribution in [2.24, 2.45) is 0 Å². The molecule has 0 saturated carbocycles. The molecule has 1 rings (SSSR count). The maximum absolute atomic E-state index is 9.19. The maximum Gasteiger partial charge on any atom is 0.0766 e. The minimum atomic E-state index is -2.94. The first kappa shape index (κ1) is 3.93. The largest absolute Gasteiger partial charge is 0.197 e. The number of nitrogens with zero attached hydrogens (tertiary/aromatic N) is 1. The smallest absolute Gasteiger partial charge is 0.0766 e. The van der Waals surface area contributed by atoms with Crippen LogP contribution in [-0.4, -0.2) is 0 Å². The zero-order valence-electron chi connectivity index (χ0n) is 12.1. The van der Waals surface area contributed by atoms with Crippen LogP contribution in [-0.2, 0) is 5.41 Å². The Labute approximate surface area is 89.6 Å². The molecule has 62 valence electrons. The van der Waals surface area contributed by atoms with Gasteiger partial charge < -0.3 is 0 Å². The van der Waals surface area contributed by atoms with Gasteiger partial charge in [0.1, 0.15) is 0 Å². The summed E-state index contributed by atoms with van der Waals surface area (Å²) in [5.41, 5.74) is -2.55. The number of hydrogen-bond acceptors (Lipinski definition) is 1. The third-order valence-corrected chi connectivity index (χ3v) is 1.97. The van der Waals surface area contributed by atoms with Gasteiger partial charge in [-0.1, -0.05) is 28.1 Å². The van der Waals surface area contributed by atoms with Crippen LogP contribution in [0.5, 0.6) is 0 Å². The molecule has 0 N–H and O–H groups in total. The number of rotatable bonds is 1. The average Bonchev–Trinajstić information content (AvgIpc) is 2.18. The minimum absolute atomic E-state index is 0.0341. The molecule has 0 radical (unpaired) electrons. The van der Waals surface area contributed by atoms with Crippen LogP contribution in [0.25, 0.3) is 0 Å². The van der Waals surface area contributed by atoms with Gasteiger partial charge in [0.25, 0.3) is 0 Å². The Bertz CT molecular complexity index is 453. The number of nitriles is 1. The molecule has 0 aliphatic carbocycles. The molecule has 0 spiro atoms. The molecule has 0 atom stereocenters. The van der Waals surface area contributed by atoms with Crippen LogP contribution in [0.3, 0.4) is 0 Å². The SMILES string of the molecule is [2H]C([2H])([2H])C(C#N)(c1ccc(Br)cc1)C([2H])([2H])[2H]. The third-order valence-electron chi connectivity index (χ3n) is 1.44. The van der Waals surface area contributed by atoms with Crippen LogP contribution in [0.2, 0.25) is 0 Å². The number of benzene rings is 1. The summed E-state index contributed by atoms with van der Waals surface area (Å²) in [4.78, 5) is 0. The van der Waals surface area contributed by atoms with E-state index in [0.717, 1.165) is 0 Å². The number of halogens is 1. The molecule has 0 aliphatic heterocycles. The number of hydrogen-bond donors (Lipinski definition) is 0. The van der Waals surface area contributed by atoms with Gasteiger partial charge in [-0.3, -0.25) is 0 Å². The zero-order chi connectivity index (χ0) is 14.2. The summed E-state index contributed by atoms with van der Waals surface area (Å²) < 4.78 is 45.2. The zero-order valence-corrected chi connectivity index (χ0v) is 7.72. The molecule has 1 aromatic rings. The van der Waals surface area contributed by atoms with Gasteiger partial charge in [-0.2, -0.15) is 5.26 Å². The van der Waals surface area contributed by atoms with Crippen LogP contribution in [0.1, 0.15) is 27.5 Å². The van der Waals surface area contributed by atoms with Crippen molar-refractivity contribution < 1.29 is 8.22 Å². The Morgan fingerprint density at radius 2 is 2.00 bits per heavy atom. The molecular weight excluding hydrogens is 214 g/mol. The Morgan fingerprint density at radius 1 is 1.42 bits per heavy atom. The summed E-state index contributed by atoms with van der Waals surface area (Å²) >= 11 is 3.17. The predicted octanol–water partition coefficient (Wildman–Crippen LogP) is 3.25. The van der Waals surface area contributed by atoms with Crippen molar-refractivity contribution in [3.05, 3.63) is 34.3 Å². The third kappa shape index (κ3) is 1.86. The first-order chi connectivity index (χ1) is 8.06. The molecule has 2 heteroatoms. The second kappa shape index (κ2) is 3.28. The average molecular weight is 230 g/mol. The minimum Gasteiger partial charge on any atom is -0.197 e. The van der Waals surface area contributed by atoms with E-state index >= 15 is 0 Å². The molecule has 0 aromatic heterocycles. The summed E-state index contributed by atoms with van der Waals surface area (Å²) in [6.45, 7) is -5.89. The summed E-state index contributed by atoms with van der Waals surface area (Å²) in [5.74, 6) is 0. The van der Waals surface area contributed by atoms with E-state index < -0.39 is 19.1 Å². The van der Waals surface area contributed by atoms with E-state index in [4.69, 9.17) is 8.22 Å². The van der Waals surface area contributed by atoms with Crippen molar-refractivity contribution in [1.82, 2.24) is 0 Å². The van der Waals surface area contributed by atoms with Crippen molar-refractivity contribution in [3.63, 3.8) is 0 Å². The highest BCUT2D eigenvalue weighted by atomic mass is 79.9. The molecule has 1 nitrogen and oxygen atoms in total. The van der Waals surface area contributed by atoms with Crippen LogP contribution < -0.4 is 0 Å². The van der Waals surface area contributed by atoms with Gasteiger partial charge in [0.05, 0.1) is 11.5 Å². The summed E-state index contributed by atoms with van der Waals surface area (Å²) in [7, 11) is 0. The van der Waals surface area contributed by atoms with E-state index in [1.165, 1.54) is 30.3 Å². The van der Waals surface area contributed by atoms with E-state index in [0.29, 0.717) is 4.47 Å². The molecule has 0 aliphatic rings. The van der Waals surface area contributed by atoms with Crippen LogP contribution >= 0.6 is 15.9 Å².